The number of anilines is 1. The van der Waals surface area contributed by atoms with E-state index in [4.69, 9.17) is 0 Å². The number of hydrogen-bond donors (Lipinski definition) is 1. The molecule has 0 saturated carbocycles. The molecule has 0 bridgehead atoms. The van der Waals surface area contributed by atoms with Crippen LogP contribution in [0.25, 0.3) is 0 Å². The monoisotopic (exact) mass is 415 g/mol. The fourth-order valence-corrected chi connectivity index (χ4v) is 5.22. The van der Waals surface area contributed by atoms with Crippen molar-refractivity contribution in [2.75, 3.05) is 23.7 Å². The van der Waals surface area contributed by atoms with Crippen LogP contribution in [0.1, 0.15) is 11.1 Å². The summed E-state index contributed by atoms with van der Waals surface area (Å²) in [5.74, 6) is -0.595. The Morgan fingerprint density at radius 3 is 2.66 bits per heavy atom. The molecule has 0 radical (unpaired) electrons. The second kappa shape index (κ2) is 7.51. The van der Waals surface area contributed by atoms with E-state index in [2.05, 4.69) is 11.9 Å². The minimum absolute atomic E-state index is 0.197. The van der Waals surface area contributed by atoms with Crippen molar-refractivity contribution in [1.29, 1.82) is 0 Å². The summed E-state index contributed by atoms with van der Waals surface area (Å²) in [4.78, 5) is 28.1. The Morgan fingerprint density at radius 2 is 1.93 bits per heavy atom. The molecule has 1 unspecified atom stereocenters. The SMILES string of the molecule is C=CCNC(=O)N1CCSC12C(=O)N(Cc1ccc(F)cc1)c1ccc(F)cc12. The van der Waals surface area contributed by atoms with Gasteiger partial charge in [-0.25, -0.2) is 13.6 Å². The molecule has 2 aromatic rings. The zero-order valence-electron chi connectivity index (χ0n) is 15.5. The van der Waals surface area contributed by atoms with Crippen molar-refractivity contribution in [3.63, 3.8) is 0 Å². The lowest BCUT2D eigenvalue weighted by molar-refractivity contribution is -0.123. The summed E-state index contributed by atoms with van der Waals surface area (Å²) >= 11 is 1.32. The topological polar surface area (TPSA) is 52.7 Å². The minimum Gasteiger partial charge on any atom is -0.334 e. The predicted molar refractivity (Wildman–Crippen MR) is 108 cm³/mol. The van der Waals surface area contributed by atoms with Gasteiger partial charge in [-0.1, -0.05) is 18.2 Å². The molecule has 3 amide bonds. The minimum atomic E-state index is -1.32. The quantitative estimate of drug-likeness (QED) is 0.777. The first-order chi connectivity index (χ1) is 14.0. The van der Waals surface area contributed by atoms with Crippen molar-refractivity contribution < 1.29 is 18.4 Å². The molecule has 2 aliphatic rings. The van der Waals surface area contributed by atoms with Crippen molar-refractivity contribution in [3.8, 4) is 0 Å². The molecule has 1 saturated heterocycles. The average Bonchev–Trinajstić information content (AvgIpc) is 3.25. The van der Waals surface area contributed by atoms with Crippen LogP contribution in [0.15, 0.2) is 55.1 Å². The van der Waals surface area contributed by atoms with Gasteiger partial charge in [-0.15, -0.1) is 18.3 Å². The maximum absolute atomic E-state index is 14.1. The Morgan fingerprint density at radius 1 is 1.21 bits per heavy atom. The molecule has 4 rings (SSSR count). The van der Waals surface area contributed by atoms with E-state index in [-0.39, 0.29) is 24.8 Å². The molecule has 2 aromatic carbocycles. The van der Waals surface area contributed by atoms with Crippen molar-refractivity contribution in [1.82, 2.24) is 10.2 Å². The molecule has 1 spiro atoms. The van der Waals surface area contributed by atoms with Crippen LogP contribution in [-0.4, -0.2) is 35.7 Å². The molecule has 0 aromatic heterocycles. The Labute approximate surface area is 171 Å². The first-order valence-electron chi connectivity index (χ1n) is 9.14. The number of fused-ring (bicyclic) bond motifs is 2. The van der Waals surface area contributed by atoms with Gasteiger partial charge in [0.2, 0.25) is 0 Å². The van der Waals surface area contributed by atoms with Crippen LogP contribution in [0.2, 0.25) is 0 Å². The number of carbonyl (C=O) groups is 2. The Bertz CT molecular complexity index is 982. The second-order valence-corrected chi connectivity index (χ2v) is 8.09. The highest BCUT2D eigenvalue weighted by atomic mass is 32.2. The number of carbonyl (C=O) groups excluding carboxylic acids is 2. The number of nitrogens with one attached hydrogen (secondary N) is 1. The molecule has 29 heavy (non-hydrogen) atoms. The average molecular weight is 415 g/mol. The number of benzene rings is 2. The Balaban J connectivity index is 1.76. The van der Waals surface area contributed by atoms with E-state index in [0.717, 1.165) is 5.56 Å². The van der Waals surface area contributed by atoms with E-state index < -0.39 is 16.7 Å². The van der Waals surface area contributed by atoms with Crippen molar-refractivity contribution in [3.05, 3.63) is 77.9 Å². The highest BCUT2D eigenvalue weighted by molar-refractivity contribution is 8.01. The van der Waals surface area contributed by atoms with E-state index in [1.165, 1.54) is 45.8 Å². The van der Waals surface area contributed by atoms with Gasteiger partial charge in [-0.3, -0.25) is 9.69 Å². The van der Waals surface area contributed by atoms with Crippen LogP contribution in [0.4, 0.5) is 19.3 Å². The van der Waals surface area contributed by atoms with Gasteiger partial charge in [0.15, 0.2) is 4.87 Å². The summed E-state index contributed by atoms with van der Waals surface area (Å²) in [7, 11) is 0. The van der Waals surface area contributed by atoms with E-state index in [0.29, 0.717) is 23.5 Å². The molecule has 5 nitrogen and oxygen atoms in total. The number of urea groups is 1. The third-order valence-electron chi connectivity index (χ3n) is 5.05. The predicted octanol–water partition coefficient (Wildman–Crippen LogP) is 3.61. The smallest absolute Gasteiger partial charge is 0.319 e. The third-order valence-corrected chi connectivity index (χ3v) is 6.47. The molecule has 1 fully saturated rings. The third kappa shape index (κ3) is 3.17. The Kier molecular flexibility index (Phi) is 5.04. The molecule has 150 valence electrons. The highest BCUT2D eigenvalue weighted by Gasteiger charge is 2.59. The van der Waals surface area contributed by atoms with Gasteiger partial charge < -0.3 is 10.2 Å². The lowest BCUT2D eigenvalue weighted by Gasteiger charge is -2.33. The van der Waals surface area contributed by atoms with Crippen LogP contribution in [0.3, 0.4) is 0 Å². The van der Waals surface area contributed by atoms with Gasteiger partial charge in [0, 0.05) is 24.4 Å². The summed E-state index contributed by atoms with van der Waals surface area (Å²) in [6.45, 7) is 4.41. The van der Waals surface area contributed by atoms with E-state index in [1.54, 1.807) is 24.3 Å². The summed E-state index contributed by atoms with van der Waals surface area (Å²) < 4.78 is 27.4. The number of halogens is 2. The number of amides is 3. The maximum Gasteiger partial charge on any atom is 0.319 e. The zero-order chi connectivity index (χ0) is 20.6. The van der Waals surface area contributed by atoms with E-state index >= 15 is 0 Å². The van der Waals surface area contributed by atoms with Crippen molar-refractivity contribution >= 4 is 29.4 Å². The fourth-order valence-electron chi connectivity index (χ4n) is 3.77. The van der Waals surface area contributed by atoms with Crippen molar-refractivity contribution in [2.45, 2.75) is 11.4 Å². The van der Waals surface area contributed by atoms with Gasteiger partial charge in [0.05, 0.1) is 12.2 Å². The van der Waals surface area contributed by atoms with Gasteiger partial charge in [0.25, 0.3) is 5.91 Å². The fraction of sp³-hybridized carbons (Fsp3) is 0.238. The molecule has 0 aliphatic carbocycles. The molecular formula is C21H19F2N3O2S. The summed E-state index contributed by atoms with van der Waals surface area (Å²) in [6, 6.07) is 9.64. The first kappa shape index (κ1) is 19.4. The van der Waals surface area contributed by atoms with E-state index in [1.807, 2.05) is 0 Å². The largest absolute Gasteiger partial charge is 0.334 e. The lowest BCUT2D eigenvalue weighted by atomic mass is 10.1. The Hall–Kier alpha value is -2.87. The lowest BCUT2D eigenvalue weighted by Crippen LogP contribution is -2.53. The van der Waals surface area contributed by atoms with Gasteiger partial charge in [-0.2, -0.15) is 0 Å². The maximum atomic E-state index is 14.1. The summed E-state index contributed by atoms with van der Waals surface area (Å²) in [5.41, 5.74) is 1.75. The standard InChI is InChI=1S/C21H19F2N3O2S/c1-2-9-24-20(28)26-10-11-29-21(26)17-12-16(23)7-8-18(17)25(19(21)27)13-14-3-5-15(22)6-4-14/h2-8,12H,1,9-11,13H2,(H,24,28). The zero-order valence-corrected chi connectivity index (χ0v) is 16.3. The number of nitrogens with zero attached hydrogens (tertiary/aromatic N) is 2. The molecular weight excluding hydrogens is 396 g/mol. The van der Waals surface area contributed by atoms with Gasteiger partial charge >= 0.3 is 6.03 Å². The summed E-state index contributed by atoms with van der Waals surface area (Å²) in [5, 5.41) is 2.71. The van der Waals surface area contributed by atoms with Gasteiger partial charge in [-0.05, 0) is 35.9 Å². The molecule has 2 aliphatic heterocycles. The molecule has 2 heterocycles. The first-order valence-corrected chi connectivity index (χ1v) is 10.1. The second-order valence-electron chi connectivity index (χ2n) is 6.80. The molecule has 8 heteroatoms. The molecule has 1 atom stereocenters. The van der Waals surface area contributed by atoms with Crippen LogP contribution < -0.4 is 10.2 Å². The summed E-state index contributed by atoms with van der Waals surface area (Å²) in [6.07, 6.45) is 1.55. The van der Waals surface area contributed by atoms with Crippen LogP contribution >= 0.6 is 11.8 Å². The van der Waals surface area contributed by atoms with Crippen molar-refractivity contribution in [2.24, 2.45) is 0 Å². The van der Waals surface area contributed by atoms with Crippen LogP contribution in [0.5, 0.6) is 0 Å². The molecule has 1 N–H and O–H groups in total. The van der Waals surface area contributed by atoms with Crippen LogP contribution in [-0.2, 0) is 16.2 Å². The number of rotatable bonds is 4. The highest BCUT2D eigenvalue weighted by Crippen LogP contribution is 2.54. The van der Waals surface area contributed by atoms with Crippen LogP contribution in [0, 0.1) is 11.6 Å². The normalized spacial score (nSPS) is 20.3. The van der Waals surface area contributed by atoms with Gasteiger partial charge in [0.1, 0.15) is 11.6 Å². The number of thioether (sulfide) groups is 1. The van der Waals surface area contributed by atoms with E-state index in [9.17, 15) is 18.4 Å². The number of hydrogen-bond acceptors (Lipinski definition) is 3.